The van der Waals surface area contributed by atoms with Gasteiger partial charge in [-0.25, -0.2) is 18.7 Å². The van der Waals surface area contributed by atoms with Crippen LogP contribution in [0.2, 0.25) is 0 Å². The molecule has 7 nitrogen and oxygen atoms in total. The molecule has 0 atom stereocenters. The first-order valence-electron chi connectivity index (χ1n) is 10.2. The van der Waals surface area contributed by atoms with Gasteiger partial charge in [0.25, 0.3) is 12.3 Å². The van der Waals surface area contributed by atoms with Crippen molar-refractivity contribution >= 4 is 17.2 Å². The number of rotatable bonds is 6. The Bertz CT molecular complexity index is 1080. The van der Waals surface area contributed by atoms with Crippen LogP contribution in [0.5, 0.6) is 5.75 Å². The number of hydrogen-bond donors (Lipinski definition) is 1. The Morgan fingerprint density at radius 1 is 1.23 bits per heavy atom. The summed E-state index contributed by atoms with van der Waals surface area (Å²) in [6.45, 7) is 5.18. The maximum absolute atomic E-state index is 12.9. The average molecular weight is 430 g/mol. The number of aromatic nitrogens is 3. The van der Waals surface area contributed by atoms with Gasteiger partial charge in [0, 0.05) is 37.6 Å². The van der Waals surface area contributed by atoms with E-state index in [0.717, 1.165) is 18.5 Å². The van der Waals surface area contributed by atoms with Gasteiger partial charge < -0.3 is 19.2 Å². The van der Waals surface area contributed by atoms with Gasteiger partial charge in [0.15, 0.2) is 0 Å². The molecule has 0 aromatic carbocycles. The second kappa shape index (κ2) is 8.97. The van der Waals surface area contributed by atoms with Gasteiger partial charge in [0.05, 0.1) is 11.8 Å². The van der Waals surface area contributed by atoms with E-state index in [1.807, 2.05) is 24.4 Å². The van der Waals surface area contributed by atoms with E-state index in [-0.39, 0.29) is 11.8 Å². The van der Waals surface area contributed by atoms with Gasteiger partial charge in [0.1, 0.15) is 28.5 Å². The zero-order chi connectivity index (χ0) is 22.0. The smallest absolute Gasteiger partial charge is 0.280 e. The molecule has 0 unspecified atom stereocenters. The van der Waals surface area contributed by atoms with Crippen molar-refractivity contribution in [1.82, 2.24) is 14.4 Å². The minimum absolute atomic E-state index is 0.0954. The number of anilines is 1. The van der Waals surface area contributed by atoms with Gasteiger partial charge in [-0.15, -0.1) is 0 Å². The number of imidazole rings is 1. The zero-order valence-corrected chi connectivity index (χ0v) is 17.3. The van der Waals surface area contributed by atoms with Gasteiger partial charge in [-0.3, -0.25) is 4.79 Å². The Labute approximate surface area is 178 Å². The van der Waals surface area contributed by atoms with Gasteiger partial charge >= 0.3 is 0 Å². The Morgan fingerprint density at radius 2 is 2.00 bits per heavy atom. The van der Waals surface area contributed by atoms with Crippen LogP contribution in [0.25, 0.3) is 5.65 Å². The summed E-state index contributed by atoms with van der Waals surface area (Å²) in [6.07, 6.45) is 2.60. The molecule has 0 bridgehead atoms. The Balaban J connectivity index is 1.66. The molecule has 1 aliphatic heterocycles. The summed E-state index contributed by atoms with van der Waals surface area (Å²) < 4.78 is 39.0. The lowest BCUT2D eigenvalue weighted by atomic mass is 9.97. The Hall–Kier alpha value is -3.07. The maximum Gasteiger partial charge on any atom is 0.280 e. The van der Waals surface area contributed by atoms with Crippen LogP contribution < -0.4 is 10.1 Å². The summed E-state index contributed by atoms with van der Waals surface area (Å²) in [5.41, 5.74) is 1.53. The molecular formula is C22H24F2N4O3. The first-order chi connectivity index (χ1) is 14.9. The van der Waals surface area contributed by atoms with Crippen LogP contribution in [0.15, 0.2) is 36.7 Å². The number of fused-ring (bicyclic) bond motifs is 1. The number of alkyl halides is 2. The summed E-state index contributed by atoms with van der Waals surface area (Å²) in [5.74, 6) is 0.174. The molecule has 0 radical (unpaired) electrons. The molecule has 3 aromatic heterocycles. The minimum atomic E-state index is -2.75. The van der Waals surface area contributed by atoms with Crippen molar-refractivity contribution < 1.29 is 23.0 Å². The van der Waals surface area contributed by atoms with Crippen LogP contribution in [-0.4, -0.2) is 39.6 Å². The predicted molar refractivity (Wildman–Crippen MR) is 111 cm³/mol. The number of halogens is 2. The molecule has 1 amide bonds. The fraction of sp³-hybridized carbons (Fsp3) is 0.409. The van der Waals surface area contributed by atoms with Gasteiger partial charge in [0.2, 0.25) is 0 Å². The van der Waals surface area contributed by atoms with Gasteiger partial charge in [-0.1, -0.05) is 6.07 Å². The molecule has 0 aliphatic carbocycles. The number of nitrogens with zero attached hydrogens (tertiary/aromatic N) is 3. The van der Waals surface area contributed by atoms with E-state index < -0.39 is 18.0 Å². The average Bonchev–Trinajstić information content (AvgIpc) is 3.17. The standard InChI is InChI=1S/C22H24F2N4O3/c1-13(2)31-19-10-20-26-17(14-6-8-30-9-7-14)11-28(20)12-18(19)27-22(29)16-5-3-4-15(25-16)21(23)24/h3-5,10-14,21H,6-9H2,1-2H3,(H,27,29). The van der Waals surface area contributed by atoms with Crippen LogP contribution in [0.4, 0.5) is 14.5 Å². The molecular weight excluding hydrogens is 406 g/mol. The number of hydrogen-bond acceptors (Lipinski definition) is 5. The van der Waals surface area contributed by atoms with Gasteiger partial charge in [-0.2, -0.15) is 0 Å². The van der Waals surface area contributed by atoms with Gasteiger partial charge in [-0.05, 0) is 38.8 Å². The molecule has 9 heteroatoms. The molecule has 0 saturated carbocycles. The summed E-state index contributed by atoms with van der Waals surface area (Å²) in [6, 6.07) is 5.73. The number of carbonyl (C=O) groups excluding carboxylic acids is 1. The van der Waals surface area contributed by atoms with Crippen LogP contribution in [0.1, 0.15) is 60.9 Å². The summed E-state index contributed by atoms with van der Waals surface area (Å²) >= 11 is 0. The van der Waals surface area contributed by atoms with Crippen LogP contribution in [0.3, 0.4) is 0 Å². The first kappa shape index (κ1) is 21.2. The SMILES string of the molecule is CC(C)Oc1cc2nc(C3CCOCC3)cn2cc1NC(=O)c1cccc(C(F)F)n1. The number of carbonyl (C=O) groups is 1. The first-order valence-corrected chi connectivity index (χ1v) is 10.2. The Morgan fingerprint density at radius 3 is 2.71 bits per heavy atom. The van der Waals surface area contributed by atoms with E-state index in [2.05, 4.69) is 10.3 Å². The molecule has 1 saturated heterocycles. The second-order valence-corrected chi connectivity index (χ2v) is 7.74. The quantitative estimate of drug-likeness (QED) is 0.618. The van der Waals surface area contributed by atoms with Crippen LogP contribution >= 0.6 is 0 Å². The second-order valence-electron chi connectivity index (χ2n) is 7.74. The number of amides is 1. The van der Waals surface area contributed by atoms with Crippen molar-refractivity contribution in [2.75, 3.05) is 18.5 Å². The normalized spacial score (nSPS) is 15.0. The minimum Gasteiger partial charge on any atom is -0.489 e. The Kier molecular flexibility index (Phi) is 6.13. The molecule has 1 aliphatic rings. The largest absolute Gasteiger partial charge is 0.489 e. The molecule has 31 heavy (non-hydrogen) atoms. The van der Waals surface area contributed by atoms with Crippen LogP contribution in [-0.2, 0) is 4.74 Å². The molecule has 4 rings (SSSR count). The molecule has 164 valence electrons. The van der Waals surface area contributed by atoms with E-state index in [1.54, 1.807) is 12.3 Å². The van der Waals surface area contributed by atoms with Crippen molar-refractivity contribution in [2.45, 2.75) is 45.1 Å². The fourth-order valence-corrected chi connectivity index (χ4v) is 3.56. The van der Waals surface area contributed by atoms with Crippen molar-refractivity contribution in [3.05, 3.63) is 53.7 Å². The van der Waals surface area contributed by atoms with E-state index in [1.165, 1.54) is 18.2 Å². The molecule has 4 heterocycles. The van der Waals surface area contributed by atoms with Crippen molar-refractivity contribution in [2.24, 2.45) is 0 Å². The number of pyridine rings is 2. The highest BCUT2D eigenvalue weighted by Crippen LogP contribution is 2.31. The molecule has 3 aromatic rings. The van der Waals surface area contributed by atoms with Crippen molar-refractivity contribution in [3.63, 3.8) is 0 Å². The van der Waals surface area contributed by atoms with E-state index in [9.17, 15) is 13.6 Å². The van der Waals surface area contributed by atoms with Crippen molar-refractivity contribution in [3.8, 4) is 5.75 Å². The third-order valence-electron chi connectivity index (χ3n) is 5.05. The van der Waals surface area contributed by atoms with E-state index in [0.29, 0.717) is 36.2 Å². The monoisotopic (exact) mass is 430 g/mol. The topological polar surface area (TPSA) is 77.8 Å². The lowest BCUT2D eigenvalue weighted by Crippen LogP contribution is -2.17. The highest BCUT2D eigenvalue weighted by molar-refractivity contribution is 6.03. The lowest BCUT2D eigenvalue weighted by Gasteiger charge is -2.19. The molecule has 1 N–H and O–H groups in total. The summed E-state index contributed by atoms with van der Waals surface area (Å²) in [4.78, 5) is 21.2. The number of ether oxygens (including phenoxy) is 2. The summed E-state index contributed by atoms with van der Waals surface area (Å²) in [5, 5.41) is 2.74. The summed E-state index contributed by atoms with van der Waals surface area (Å²) in [7, 11) is 0. The van der Waals surface area contributed by atoms with Crippen LogP contribution in [0, 0.1) is 0 Å². The van der Waals surface area contributed by atoms with Crippen molar-refractivity contribution in [1.29, 1.82) is 0 Å². The lowest BCUT2D eigenvalue weighted by molar-refractivity contribution is 0.0846. The fourth-order valence-electron chi connectivity index (χ4n) is 3.56. The predicted octanol–water partition coefficient (Wildman–Crippen LogP) is 4.60. The third-order valence-corrected chi connectivity index (χ3v) is 5.05. The maximum atomic E-state index is 12.9. The molecule has 0 spiro atoms. The highest BCUT2D eigenvalue weighted by Gasteiger charge is 2.21. The number of nitrogens with one attached hydrogen (secondary N) is 1. The highest BCUT2D eigenvalue weighted by atomic mass is 19.3. The third kappa shape index (κ3) is 4.82. The van der Waals surface area contributed by atoms with E-state index >= 15 is 0 Å². The van der Waals surface area contributed by atoms with E-state index in [4.69, 9.17) is 14.5 Å². The zero-order valence-electron chi connectivity index (χ0n) is 17.3. The molecule has 1 fully saturated rings.